The Hall–Kier alpha value is -2.67. The second kappa shape index (κ2) is 6.45. The van der Waals surface area contributed by atoms with Crippen molar-refractivity contribution < 1.29 is 12.9 Å². The van der Waals surface area contributed by atoms with E-state index in [0.717, 1.165) is 11.1 Å². The molecular weight excluding hydrogens is 326 g/mol. The summed E-state index contributed by atoms with van der Waals surface area (Å²) in [6, 6.07) is 14.5. The summed E-state index contributed by atoms with van der Waals surface area (Å²) >= 11 is 0. The van der Waals surface area contributed by atoms with Crippen LogP contribution in [0.15, 0.2) is 57.9 Å². The molecule has 0 spiro atoms. The van der Waals surface area contributed by atoms with Gasteiger partial charge < -0.3 is 9.84 Å². The summed E-state index contributed by atoms with van der Waals surface area (Å²) in [5, 5.41) is 7.05. The van der Waals surface area contributed by atoms with Crippen molar-refractivity contribution in [2.45, 2.75) is 18.4 Å². The number of hydrogen-bond acceptors (Lipinski definition) is 6. The quantitative estimate of drug-likeness (QED) is 0.766. The number of nitrogens with zero attached hydrogens (tertiary/aromatic N) is 2. The number of sulfone groups is 1. The van der Waals surface area contributed by atoms with E-state index in [1.54, 1.807) is 24.3 Å². The predicted octanol–water partition coefficient (Wildman–Crippen LogP) is 3.06. The maximum atomic E-state index is 11.6. The highest BCUT2D eigenvalue weighted by atomic mass is 32.2. The van der Waals surface area contributed by atoms with E-state index >= 15 is 0 Å². The molecule has 3 rings (SSSR count). The third-order valence-corrected chi connectivity index (χ3v) is 4.59. The number of nitrogens with one attached hydrogen (secondary N) is 1. The summed E-state index contributed by atoms with van der Waals surface area (Å²) < 4.78 is 28.4. The number of anilines is 1. The lowest BCUT2D eigenvalue weighted by atomic mass is 10.1. The van der Waals surface area contributed by atoms with E-state index in [1.807, 2.05) is 31.2 Å². The molecule has 0 radical (unpaired) electrons. The van der Waals surface area contributed by atoms with Crippen LogP contribution in [0.25, 0.3) is 11.4 Å². The third kappa shape index (κ3) is 3.80. The Morgan fingerprint density at radius 2 is 1.88 bits per heavy atom. The summed E-state index contributed by atoms with van der Waals surface area (Å²) in [6.45, 7) is 2.33. The van der Waals surface area contributed by atoms with Crippen LogP contribution < -0.4 is 5.32 Å². The van der Waals surface area contributed by atoms with Gasteiger partial charge in [-0.1, -0.05) is 41.1 Å². The van der Waals surface area contributed by atoms with Crippen LogP contribution in [0.4, 0.5) is 5.69 Å². The normalized spacial score (nSPS) is 11.4. The fourth-order valence-corrected chi connectivity index (χ4v) is 2.83. The largest absolute Gasteiger partial charge is 0.376 e. The number of aryl methyl sites for hydroxylation is 1. The highest BCUT2D eigenvalue weighted by molar-refractivity contribution is 7.90. The van der Waals surface area contributed by atoms with Gasteiger partial charge in [-0.2, -0.15) is 4.98 Å². The van der Waals surface area contributed by atoms with Gasteiger partial charge >= 0.3 is 0 Å². The lowest BCUT2D eigenvalue weighted by molar-refractivity contribution is 0.384. The van der Waals surface area contributed by atoms with Crippen molar-refractivity contribution in [3.05, 3.63) is 60.0 Å². The van der Waals surface area contributed by atoms with Crippen LogP contribution in [0.2, 0.25) is 0 Å². The van der Waals surface area contributed by atoms with Gasteiger partial charge in [0.05, 0.1) is 11.4 Å². The monoisotopic (exact) mass is 343 g/mol. The molecule has 0 aliphatic rings. The van der Waals surface area contributed by atoms with E-state index in [0.29, 0.717) is 23.9 Å². The van der Waals surface area contributed by atoms with Crippen molar-refractivity contribution in [3.63, 3.8) is 0 Å². The first-order valence-electron chi connectivity index (χ1n) is 7.35. The van der Waals surface area contributed by atoms with E-state index in [4.69, 9.17) is 4.52 Å². The van der Waals surface area contributed by atoms with Crippen LogP contribution in [0.1, 0.15) is 11.5 Å². The fourth-order valence-electron chi connectivity index (χ4n) is 2.16. The van der Waals surface area contributed by atoms with Crippen molar-refractivity contribution in [1.82, 2.24) is 10.1 Å². The van der Waals surface area contributed by atoms with Crippen molar-refractivity contribution in [2.75, 3.05) is 11.6 Å². The van der Waals surface area contributed by atoms with E-state index in [1.165, 1.54) is 6.26 Å². The lowest BCUT2D eigenvalue weighted by Gasteiger charge is -2.05. The van der Waals surface area contributed by atoms with Gasteiger partial charge in [0.15, 0.2) is 9.84 Å². The summed E-state index contributed by atoms with van der Waals surface area (Å²) in [4.78, 5) is 4.60. The average Bonchev–Trinajstić information content (AvgIpc) is 3.02. The second-order valence-corrected chi connectivity index (χ2v) is 7.55. The van der Waals surface area contributed by atoms with E-state index in [2.05, 4.69) is 15.5 Å². The molecule has 0 atom stereocenters. The molecule has 0 bridgehead atoms. The van der Waals surface area contributed by atoms with Crippen molar-refractivity contribution in [2.24, 2.45) is 0 Å². The SMILES string of the molecule is Cc1ccc(-c2noc(CNc3cccc(S(C)(=O)=O)c3)n2)cc1. The smallest absolute Gasteiger partial charge is 0.246 e. The number of rotatable bonds is 5. The molecule has 124 valence electrons. The molecule has 2 aromatic carbocycles. The van der Waals surface area contributed by atoms with E-state index in [9.17, 15) is 8.42 Å². The van der Waals surface area contributed by atoms with E-state index < -0.39 is 9.84 Å². The Balaban J connectivity index is 1.71. The average molecular weight is 343 g/mol. The molecule has 0 unspecified atom stereocenters. The molecule has 0 saturated carbocycles. The first-order chi connectivity index (χ1) is 11.4. The predicted molar refractivity (Wildman–Crippen MR) is 91.3 cm³/mol. The van der Waals surface area contributed by atoms with Crippen LogP contribution in [0.5, 0.6) is 0 Å². The van der Waals surface area contributed by atoms with Crippen LogP contribution in [-0.2, 0) is 16.4 Å². The zero-order valence-electron chi connectivity index (χ0n) is 13.4. The molecule has 1 N–H and O–H groups in total. The van der Waals surface area contributed by atoms with Gasteiger partial charge in [-0.05, 0) is 25.1 Å². The van der Waals surface area contributed by atoms with E-state index in [-0.39, 0.29) is 4.90 Å². The molecule has 0 amide bonds. The minimum atomic E-state index is -3.24. The zero-order valence-corrected chi connectivity index (χ0v) is 14.2. The molecule has 6 nitrogen and oxygen atoms in total. The molecule has 3 aromatic rings. The Bertz CT molecular complexity index is 947. The molecule has 24 heavy (non-hydrogen) atoms. The summed E-state index contributed by atoms with van der Waals surface area (Å²) in [5.74, 6) is 0.951. The Kier molecular flexibility index (Phi) is 4.35. The highest BCUT2D eigenvalue weighted by Gasteiger charge is 2.10. The first-order valence-corrected chi connectivity index (χ1v) is 9.24. The second-order valence-electron chi connectivity index (χ2n) is 5.53. The number of benzene rings is 2. The molecule has 0 aliphatic heterocycles. The van der Waals surface area contributed by atoms with Gasteiger partial charge in [0.1, 0.15) is 0 Å². The maximum absolute atomic E-state index is 11.6. The van der Waals surface area contributed by atoms with Crippen LogP contribution in [0, 0.1) is 6.92 Å². The molecule has 1 aromatic heterocycles. The van der Waals surface area contributed by atoms with Crippen LogP contribution in [-0.4, -0.2) is 24.8 Å². The molecular formula is C17H17N3O3S. The van der Waals surface area contributed by atoms with Crippen molar-refractivity contribution >= 4 is 15.5 Å². The van der Waals surface area contributed by atoms with Gasteiger partial charge in [0, 0.05) is 17.5 Å². The van der Waals surface area contributed by atoms with Gasteiger partial charge in [0.25, 0.3) is 0 Å². The zero-order chi connectivity index (χ0) is 17.2. The Morgan fingerprint density at radius 1 is 1.12 bits per heavy atom. The van der Waals surface area contributed by atoms with Gasteiger partial charge in [-0.15, -0.1) is 0 Å². The van der Waals surface area contributed by atoms with Crippen molar-refractivity contribution in [1.29, 1.82) is 0 Å². The lowest BCUT2D eigenvalue weighted by Crippen LogP contribution is -2.02. The van der Waals surface area contributed by atoms with Gasteiger partial charge in [0.2, 0.25) is 11.7 Å². The summed E-state index contributed by atoms with van der Waals surface area (Å²) in [7, 11) is -3.24. The molecule has 0 fully saturated rings. The minimum absolute atomic E-state index is 0.262. The molecule has 1 heterocycles. The number of aromatic nitrogens is 2. The molecule has 7 heteroatoms. The topological polar surface area (TPSA) is 85.1 Å². The number of hydrogen-bond donors (Lipinski definition) is 1. The van der Waals surface area contributed by atoms with Crippen LogP contribution in [0.3, 0.4) is 0 Å². The summed E-state index contributed by atoms with van der Waals surface area (Å²) in [6.07, 6.45) is 1.18. The minimum Gasteiger partial charge on any atom is -0.376 e. The summed E-state index contributed by atoms with van der Waals surface area (Å²) in [5.41, 5.74) is 2.72. The van der Waals surface area contributed by atoms with Crippen LogP contribution >= 0.6 is 0 Å². The van der Waals surface area contributed by atoms with Gasteiger partial charge in [-0.3, -0.25) is 0 Å². The molecule has 0 saturated heterocycles. The Morgan fingerprint density at radius 3 is 2.58 bits per heavy atom. The van der Waals surface area contributed by atoms with Gasteiger partial charge in [-0.25, -0.2) is 8.42 Å². The third-order valence-electron chi connectivity index (χ3n) is 3.48. The standard InChI is InChI=1S/C17H17N3O3S/c1-12-6-8-13(9-7-12)17-19-16(23-20-17)11-18-14-4-3-5-15(10-14)24(2,21)22/h3-10,18H,11H2,1-2H3. The van der Waals surface area contributed by atoms with Crippen molar-refractivity contribution in [3.8, 4) is 11.4 Å². The first kappa shape index (κ1) is 16.2. The fraction of sp³-hybridized carbons (Fsp3) is 0.176. The Labute approximate surface area is 140 Å². The molecule has 0 aliphatic carbocycles. The highest BCUT2D eigenvalue weighted by Crippen LogP contribution is 2.18. The maximum Gasteiger partial charge on any atom is 0.246 e.